The molecule has 4 fully saturated rings. The molecule has 2 aromatic rings. The van der Waals surface area contributed by atoms with Gasteiger partial charge in [0.25, 0.3) is 0 Å². The molecule has 4 aliphatic rings. The van der Waals surface area contributed by atoms with E-state index < -0.39 is 17.7 Å². The van der Waals surface area contributed by atoms with Crippen LogP contribution in [0.15, 0.2) is 60.7 Å². The Morgan fingerprint density at radius 3 is 1.91 bits per heavy atom. The molecule has 10 nitrogen and oxygen atoms in total. The van der Waals surface area contributed by atoms with Crippen LogP contribution in [0.25, 0.3) is 0 Å². The molecule has 6 rings (SSSR count). The summed E-state index contributed by atoms with van der Waals surface area (Å²) in [5, 5.41) is 9.44. The molecule has 2 aromatic carbocycles. The van der Waals surface area contributed by atoms with Crippen LogP contribution in [-0.2, 0) is 43.5 Å². The minimum atomic E-state index is -1.04. The fourth-order valence-electron chi connectivity index (χ4n) is 6.53. The summed E-state index contributed by atoms with van der Waals surface area (Å²) in [4.78, 5) is 13.7. The molecule has 2 atom stereocenters. The quantitative estimate of drug-likeness (QED) is 0.393. The van der Waals surface area contributed by atoms with Crippen LogP contribution in [-0.4, -0.2) is 108 Å². The lowest BCUT2D eigenvalue weighted by molar-refractivity contribution is -0.292. The molecule has 0 amide bonds. The normalized spacial score (nSPS) is 25.6. The average Bonchev–Trinajstić information content (AvgIpc) is 3.67. The summed E-state index contributed by atoms with van der Waals surface area (Å²) < 4.78 is 36.7. The first-order chi connectivity index (χ1) is 20.8. The van der Waals surface area contributed by atoms with Crippen molar-refractivity contribution in [2.45, 2.75) is 61.8 Å². The monoisotopic (exact) mass is 599 g/mol. The van der Waals surface area contributed by atoms with E-state index in [4.69, 9.17) is 33.1 Å². The van der Waals surface area contributed by atoms with Crippen molar-refractivity contribution in [1.82, 2.24) is 4.81 Å². The molecule has 0 unspecified atom stereocenters. The highest BCUT2D eigenvalue weighted by Gasteiger charge is 2.56. The second-order valence-corrected chi connectivity index (χ2v) is 11.0. The van der Waals surface area contributed by atoms with Gasteiger partial charge in [-0.2, -0.15) is 0 Å². The number of ketones is 1. The zero-order chi connectivity index (χ0) is 30.9. The van der Waals surface area contributed by atoms with Gasteiger partial charge >= 0.3 is 7.05 Å². The number of carbonyl (C=O) groups excluding carboxylic acids is 1. The number of hydrogen-bond donors (Lipinski definition) is 1. The second-order valence-electron chi connectivity index (χ2n) is 11.0. The first-order valence-electron chi connectivity index (χ1n) is 14.9. The van der Waals surface area contributed by atoms with Crippen LogP contribution in [0.5, 0.6) is 0 Å². The summed E-state index contributed by atoms with van der Waals surface area (Å²) in [6.07, 6.45) is 2.82. The predicted octanol–water partition coefficient (Wildman–Crippen LogP) is 3.26. The number of Topliss-reactive ketones (excluding diaryl/α,β-unsaturated/α-hetero) is 1. The van der Waals surface area contributed by atoms with E-state index in [0.717, 1.165) is 6.54 Å². The zero-order valence-corrected chi connectivity index (χ0v) is 26.0. The van der Waals surface area contributed by atoms with Crippen molar-refractivity contribution in [2.75, 3.05) is 61.4 Å². The number of aliphatic hydroxyl groups excluding tert-OH is 1. The lowest BCUT2D eigenvalue weighted by atomic mass is 9.79. The van der Waals surface area contributed by atoms with Crippen molar-refractivity contribution in [2.24, 2.45) is 0 Å². The number of benzene rings is 2. The number of fused-ring (bicyclic) bond motifs is 1. The van der Waals surface area contributed by atoms with Gasteiger partial charge in [-0.3, -0.25) is 4.79 Å². The number of rotatable bonds is 6. The van der Waals surface area contributed by atoms with E-state index in [-0.39, 0.29) is 31.6 Å². The Morgan fingerprint density at radius 2 is 1.44 bits per heavy atom. The van der Waals surface area contributed by atoms with Crippen molar-refractivity contribution < 1.29 is 43.0 Å². The minimum absolute atomic E-state index is 0.0850. The summed E-state index contributed by atoms with van der Waals surface area (Å²) in [6, 6.07) is 21.9. The maximum absolute atomic E-state index is 11.2. The molecule has 0 radical (unpaired) electrons. The Kier molecular flexibility index (Phi) is 11.9. The topological polar surface area (TPSA) is 105 Å². The Hall–Kier alpha value is -2.19. The SMILES string of the molecule is CB1OC(c2ccccc2)(c2ccccc2)[C@@H]2CCCN12.COC1(OC)CCOCC1=O.COC1(OC)CCOC[C@@H]1O. The van der Waals surface area contributed by atoms with E-state index in [1.54, 1.807) is 0 Å². The lowest BCUT2D eigenvalue weighted by Gasteiger charge is -2.38. The van der Waals surface area contributed by atoms with E-state index in [9.17, 15) is 9.90 Å². The molecular weight excluding hydrogens is 553 g/mol. The fourth-order valence-corrected chi connectivity index (χ4v) is 6.53. The molecule has 1 N–H and O–H groups in total. The number of hydrogen-bond acceptors (Lipinski definition) is 10. The van der Waals surface area contributed by atoms with Crippen molar-refractivity contribution >= 4 is 12.8 Å². The van der Waals surface area contributed by atoms with Crippen molar-refractivity contribution in [3.8, 4) is 0 Å². The minimum Gasteiger partial charge on any atom is -0.406 e. The van der Waals surface area contributed by atoms with Gasteiger partial charge in [0.1, 0.15) is 18.3 Å². The van der Waals surface area contributed by atoms with E-state index in [0.29, 0.717) is 32.1 Å². The summed E-state index contributed by atoms with van der Waals surface area (Å²) in [7, 11) is 6.16. The lowest BCUT2D eigenvalue weighted by Crippen LogP contribution is -2.52. The Labute approximate surface area is 255 Å². The third-order valence-electron chi connectivity index (χ3n) is 8.95. The van der Waals surface area contributed by atoms with E-state index in [2.05, 4.69) is 72.3 Å². The van der Waals surface area contributed by atoms with Crippen LogP contribution in [0.3, 0.4) is 0 Å². The van der Waals surface area contributed by atoms with Gasteiger partial charge in [0.2, 0.25) is 11.6 Å². The molecule has 0 spiro atoms. The molecule has 4 aliphatic heterocycles. The highest BCUT2D eigenvalue weighted by molar-refractivity contribution is 6.48. The zero-order valence-electron chi connectivity index (χ0n) is 26.0. The Morgan fingerprint density at radius 1 is 0.860 bits per heavy atom. The number of aliphatic hydroxyl groups is 1. The number of ether oxygens (including phenoxy) is 6. The summed E-state index contributed by atoms with van der Waals surface area (Å²) in [5.41, 5.74) is 2.23. The van der Waals surface area contributed by atoms with E-state index >= 15 is 0 Å². The molecular formula is C32H46BNO9. The van der Waals surface area contributed by atoms with Crippen LogP contribution in [0.1, 0.15) is 36.8 Å². The molecule has 0 bridgehead atoms. The van der Waals surface area contributed by atoms with E-state index in [1.165, 1.54) is 52.4 Å². The van der Waals surface area contributed by atoms with Crippen LogP contribution in [0.4, 0.5) is 0 Å². The molecule has 0 aliphatic carbocycles. The van der Waals surface area contributed by atoms with Gasteiger partial charge in [0.05, 0.1) is 19.8 Å². The summed E-state index contributed by atoms with van der Waals surface area (Å²) >= 11 is 0. The maximum atomic E-state index is 11.2. The first kappa shape index (κ1) is 33.7. The molecule has 43 heavy (non-hydrogen) atoms. The first-order valence-corrected chi connectivity index (χ1v) is 14.9. The summed E-state index contributed by atoms with van der Waals surface area (Å²) in [5.74, 6) is -2.04. The Balaban J connectivity index is 0.000000164. The standard InChI is InChI=1S/C18H20BNO.C7H14O4.C7H12O4/c1-19-20-14-8-13-17(20)18(21-19,15-9-4-2-5-10-15)16-11-6-3-7-12-16;2*1-9-7(10-2)3-4-11-5-6(7)8/h2-7,9-12,17H,8,13-14H2,1H3;6,8H,3-5H2,1-2H3;3-5H2,1-2H3/t17-;6-;/m00./s1. The van der Waals surface area contributed by atoms with Gasteiger partial charge in [0.15, 0.2) is 5.79 Å². The molecule has 236 valence electrons. The van der Waals surface area contributed by atoms with Crippen LogP contribution >= 0.6 is 0 Å². The predicted molar refractivity (Wildman–Crippen MR) is 161 cm³/mol. The van der Waals surface area contributed by atoms with E-state index in [1.807, 2.05) is 0 Å². The molecule has 4 saturated heterocycles. The third-order valence-corrected chi connectivity index (χ3v) is 8.95. The van der Waals surface area contributed by atoms with Gasteiger partial charge in [-0.25, -0.2) is 0 Å². The Bertz CT molecular complexity index is 1090. The molecule has 11 heteroatoms. The van der Waals surface area contributed by atoms with Gasteiger partial charge in [-0.15, -0.1) is 0 Å². The van der Waals surface area contributed by atoms with Crippen LogP contribution in [0.2, 0.25) is 6.82 Å². The smallest absolute Gasteiger partial charge is 0.380 e. The number of carbonyl (C=O) groups is 1. The van der Waals surface area contributed by atoms with Crippen LogP contribution < -0.4 is 0 Å². The van der Waals surface area contributed by atoms with Gasteiger partial charge < -0.3 is 43.0 Å². The van der Waals surface area contributed by atoms with Gasteiger partial charge in [-0.05, 0) is 37.3 Å². The molecule has 4 heterocycles. The largest absolute Gasteiger partial charge is 0.406 e. The number of methoxy groups -OCH3 is 4. The highest BCUT2D eigenvalue weighted by atomic mass is 16.7. The van der Waals surface area contributed by atoms with Crippen molar-refractivity contribution in [3.05, 3.63) is 71.8 Å². The van der Waals surface area contributed by atoms with Gasteiger partial charge in [-0.1, -0.05) is 60.7 Å². The highest BCUT2D eigenvalue weighted by Crippen LogP contribution is 2.48. The van der Waals surface area contributed by atoms with Gasteiger partial charge in [0, 0.05) is 47.3 Å². The molecule has 0 aromatic heterocycles. The molecule has 0 saturated carbocycles. The second kappa shape index (κ2) is 15.2. The number of nitrogens with zero attached hydrogens (tertiary/aromatic N) is 1. The van der Waals surface area contributed by atoms with Crippen LogP contribution in [0, 0.1) is 0 Å². The fraction of sp³-hybridized carbons (Fsp3) is 0.594. The third kappa shape index (κ3) is 6.90. The average molecular weight is 600 g/mol. The maximum Gasteiger partial charge on any atom is 0.380 e. The summed E-state index contributed by atoms with van der Waals surface area (Å²) in [6.45, 7) is 4.77. The van der Waals surface area contributed by atoms with Crippen molar-refractivity contribution in [3.63, 3.8) is 0 Å². The van der Waals surface area contributed by atoms with Crippen molar-refractivity contribution in [1.29, 1.82) is 0 Å².